The van der Waals surface area contributed by atoms with Crippen molar-refractivity contribution in [2.75, 3.05) is 0 Å². The van der Waals surface area contributed by atoms with Crippen LogP contribution >= 0.6 is 22.7 Å². The Hall–Kier alpha value is -0.680. The van der Waals surface area contributed by atoms with Gasteiger partial charge in [0.15, 0.2) is 0 Å². The van der Waals surface area contributed by atoms with Gasteiger partial charge in [0.2, 0.25) is 0 Å². The van der Waals surface area contributed by atoms with E-state index in [9.17, 15) is 0 Å². The van der Waals surface area contributed by atoms with Crippen LogP contribution in [0.1, 0.15) is 40.5 Å². The third kappa shape index (κ3) is 2.92. The summed E-state index contributed by atoms with van der Waals surface area (Å²) in [6, 6.07) is 7.05. The maximum Gasteiger partial charge on any atom is 0.0283 e. The van der Waals surface area contributed by atoms with E-state index in [0.29, 0.717) is 12.0 Å². The van der Waals surface area contributed by atoms with Crippen LogP contribution in [0.3, 0.4) is 0 Å². The first-order valence-corrected chi connectivity index (χ1v) is 8.69. The molecule has 2 aromatic rings. The van der Waals surface area contributed by atoms with E-state index >= 15 is 0 Å². The smallest absolute Gasteiger partial charge is 0.0283 e. The molecule has 0 saturated heterocycles. The highest BCUT2D eigenvalue weighted by Gasteiger charge is 2.27. The minimum Gasteiger partial charge on any atom is -0.271 e. The largest absolute Gasteiger partial charge is 0.271 e. The van der Waals surface area contributed by atoms with Crippen molar-refractivity contribution in [1.29, 1.82) is 0 Å². The maximum atomic E-state index is 5.83. The Labute approximate surface area is 122 Å². The van der Waals surface area contributed by atoms with Crippen LogP contribution in [0, 0.1) is 0 Å². The van der Waals surface area contributed by atoms with Crippen molar-refractivity contribution in [3.63, 3.8) is 0 Å². The summed E-state index contributed by atoms with van der Waals surface area (Å²) in [7, 11) is 0. The predicted molar refractivity (Wildman–Crippen MR) is 83.7 cm³/mol. The molecule has 0 spiro atoms. The molecule has 1 aliphatic rings. The molecular weight excluding hydrogens is 272 g/mol. The van der Waals surface area contributed by atoms with Gasteiger partial charge in [0, 0.05) is 21.7 Å². The van der Waals surface area contributed by atoms with Crippen LogP contribution in [0.15, 0.2) is 29.0 Å². The van der Waals surface area contributed by atoms with Crippen LogP contribution in [0.2, 0.25) is 0 Å². The van der Waals surface area contributed by atoms with Crippen LogP contribution in [0.4, 0.5) is 0 Å². The average Bonchev–Trinajstić information content (AvgIpc) is 3.10. The molecule has 2 heterocycles. The van der Waals surface area contributed by atoms with Crippen molar-refractivity contribution < 1.29 is 0 Å². The molecule has 0 bridgehead atoms. The Morgan fingerprint density at radius 1 is 1.32 bits per heavy atom. The van der Waals surface area contributed by atoms with Gasteiger partial charge in [-0.3, -0.25) is 11.3 Å². The van der Waals surface area contributed by atoms with Gasteiger partial charge in [0.25, 0.3) is 0 Å². The van der Waals surface area contributed by atoms with Gasteiger partial charge in [-0.1, -0.05) is 6.07 Å². The van der Waals surface area contributed by atoms with E-state index in [4.69, 9.17) is 5.84 Å². The van der Waals surface area contributed by atoms with Crippen molar-refractivity contribution >= 4 is 22.7 Å². The standard InChI is InChI=1S/C15H20N2S2/c16-17-14(7-6-11-3-2-9-18-11)12-4-1-5-15-13(12)8-10-19-15/h2-3,8-10,12,14,17H,1,4-7,16H2. The number of hydrogen-bond donors (Lipinski definition) is 2. The van der Waals surface area contributed by atoms with E-state index in [-0.39, 0.29) is 0 Å². The lowest BCUT2D eigenvalue weighted by atomic mass is 9.81. The summed E-state index contributed by atoms with van der Waals surface area (Å²) in [6.07, 6.45) is 6.07. The molecule has 0 amide bonds. The first-order valence-electron chi connectivity index (χ1n) is 6.93. The third-order valence-electron chi connectivity index (χ3n) is 4.08. The van der Waals surface area contributed by atoms with Crippen LogP contribution in [0.25, 0.3) is 0 Å². The second-order valence-corrected chi connectivity index (χ2v) is 7.22. The fourth-order valence-corrected chi connectivity index (χ4v) is 4.81. The topological polar surface area (TPSA) is 38.0 Å². The second kappa shape index (κ2) is 6.18. The number of aryl methyl sites for hydroxylation is 2. The van der Waals surface area contributed by atoms with Crippen molar-refractivity contribution in [1.82, 2.24) is 5.43 Å². The van der Waals surface area contributed by atoms with Crippen molar-refractivity contribution in [3.8, 4) is 0 Å². The Morgan fingerprint density at radius 3 is 3.05 bits per heavy atom. The lowest BCUT2D eigenvalue weighted by molar-refractivity contribution is 0.381. The van der Waals surface area contributed by atoms with Crippen molar-refractivity contribution in [2.24, 2.45) is 5.84 Å². The normalized spacial score (nSPS) is 20.2. The van der Waals surface area contributed by atoms with Gasteiger partial charge in [-0.05, 0) is 60.6 Å². The number of nitrogens with one attached hydrogen (secondary N) is 1. The summed E-state index contributed by atoms with van der Waals surface area (Å²) < 4.78 is 0. The van der Waals surface area contributed by atoms with Crippen molar-refractivity contribution in [3.05, 3.63) is 44.3 Å². The number of rotatable bonds is 5. The molecule has 4 heteroatoms. The molecule has 0 fully saturated rings. The van der Waals surface area contributed by atoms with E-state index in [0.717, 1.165) is 12.8 Å². The molecule has 2 aromatic heterocycles. The fraction of sp³-hybridized carbons (Fsp3) is 0.467. The summed E-state index contributed by atoms with van der Waals surface area (Å²) in [5.74, 6) is 6.42. The van der Waals surface area contributed by atoms with E-state index in [1.807, 2.05) is 22.7 Å². The molecule has 3 N–H and O–H groups in total. The Balaban J connectivity index is 1.69. The Bertz CT molecular complexity index is 504. The molecule has 2 unspecified atom stereocenters. The first-order chi connectivity index (χ1) is 9.38. The summed E-state index contributed by atoms with van der Waals surface area (Å²) in [5.41, 5.74) is 4.62. The lowest BCUT2D eigenvalue weighted by Gasteiger charge is -2.30. The van der Waals surface area contributed by atoms with Gasteiger partial charge in [-0.25, -0.2) is 0 Å². The molecule has 2 atom stereocenters. The summed E-state index contributed by atoms with van der Waals surface area (Å²) in [5, 5.41) is 4.38. The maximum absolute atomic E-state index is 5.83. The van der Waals surface area contributed by atoms with Gasteiger partial charge in [-0.2, -0.15) is 0 Å². The molecule has 1 aliphatic carbocycles. The molecular formula is C15H20N2S2. The second-order valence-electron chi connectivity index (χ2n) is 5.19. The summed E-state index contributed by atoms with van der Waals surface area (Å²) >= 11 is 3.75. The number of thiophene rings is 2. The van der Waals surface area contributed by atoms with Gasteiger partial charge < -0.3 is 0 Å². The molecule has 0 radical (unpaired) electrons. The molecule has 0 saturated carbocycles. The number of fused-ring (bicyclic) bond motifs is 1. The first kappa shape index (κ1) is 13.3. The fourth-order valence-electron chi connectivity index (χ4n) is 3.09. The zero-order valence-electron chi connectivity index (χ0n) is 11.0. The van der Waals surface area contributed by atoms with E-state index in [1.165, 1.54) is 24.1 Å². The van der Waals surface area contributed by atoms with Crippen molar-refractivity contribution in [2.45, 2.75) is 44.1 Å². The monoisotopic (exact) mass is 292 g/mol. The highest BCUT2D eigenvalue weighted by molar-refractivity contribution is 7.10. The van der Waals surface area contributed by atoms with Crippen LogP contribution in [0.5, 0.6) is 0 Å². The molecule has 0 aliphatic heterocycles. The number of hydrazine groups is 1. The van der Waals surface area contributed by atoms with Gasteiger partial charge in [0.1, 0.15) is 0 Å². The number of nitrogens with two attached hydrogens (primary N) is 1. The minimum absolute atomic E-state index is 0.399. The van der Waals surface area contributed by atoms with Gasteiger partial charge in [-0.15, -0.1) is 22.7 Å². The molecule has 3 rings (SSSR count). The lowest BCUT2D eigenvalue weighted by Crippen LogP contribution is -2.41. The SMILES string of the molecule is NNC(CCc1cccs1)C1CCCc2sccc21. The quantitative estimate of drug-likeness (QED) is 0.651. The molecule has 19 heavy (non-hydrogen) atoms. The number of hydrogen-bond acceptors (Lipinski definition) is 4. The van der Waals surface area contributed by atoms with Crippen LogP contribution in [-0.4, -0.2) is 6.04 Å². The summed E-state index contributed by atoms with van der Waals surface area (Å²) in [6.45, 7) is 0. The van der Waals surface area contributed by atoms with E-state index < -0.39 is 0 Å². The Morgan fingerprint density at radius 2 is 2.26 bits per heavy atom. The van der Waals surface area contributed by atoms with Crippen LogP contribution in [-0.2, 0) is 12.8 Å². The zero-order valence-corrected chi connectivity index (χ0v) is 12.6. The third-order valence-corrected chi connectivity index (χ3v) is 6.01. The highest BCUT2D eigenvalue weighted by Crippen LogP contribution is 2.37. The minimum atomic E-state index is 0.399. The molecule has 0 aromatic carbocycles. The highest BCUT2D eigenvalue weighted by atomic mass is 32.1. The van der Waals surface area contributed by atoms with E-state index in [2.05, 4.69) is 34.4 Å². The summed E-state index contributed by atoms with van der Waals surface area (Å²) in [4.78, 5) is 3.04. The van der Waals surface area contributed by atoms with Crippen LogP contribution < -0.4 is 11.3 Å². The Kier molecular flexibility index (Phi) is 4.33. The van der Waals surface area contributed by atoms with E-state index in [1.54, 1.807) is 10.4 Å². The molecule has 2 nitrogen and oxygen atoms in total. The average molecular weight is 292 g/mol. The van der Waals surface area contributed by atoms with Gasteiger partial charge in [0.05, 0.1) is 0 Å². The zero-order chi connectivity index (χ0) is 13.1. The van der Waals surface area contributed by atoms with Gasteiger partial charge >= 0.3 is 0 Å². The predicted octanol–water partition coefficient (Wildman–Crippen LogP) is 3.69. The molecule has 102 valence electrons.